The Morgan fingerprint density at radius 3 is 2.41 bits per heavy atom. The Kier molecular flexibility index (Phi) is 5.29. The molecule has 1 aliphatic rings. The van der Waals surface area contributed by atoms with Gasteiger partial charge in [0.05, 0.1) is 21.5 Å². The highest BCUT2D eigenvalue weighted by atomic mass is 32.1. The number of fused-ring (bicyclic) bond motifs is 1. The van der Waals surface area contributed by atoms with E-state index in [-0.39, 0.29) is 16.7 Å². The molecule has 0 aliphatic carbocycles. The number of nitrogens with zero attached hydrogens (tertiary/aromatic N) is 3. The molecule has 1 unspecified atom stereocenters. The van der Waals surface area contributed by atoms with Gasteiger partial charge in [-0.3, -0.25) is 19.5 Å². The van der Waals surface area contributed by atoms with E-state index in [2.05, 4.69) is 36.8 Å². The normalized spacial score (nSPS) is 18.1. The molecule has 170 valence electrons. The Hall–Kier alpha value is -3.84. The van der Waals surface area contributed by atoms with Crippen molar-refractivity contribution in [2.24, 2.45) is 0 Å². The minimum absolute atomic E-state index is 0.00420. The minimum atomic E-state index is -0.885. The predicted octanol–water partition coefficient (Wildman–Crippen LogP) is 5.62. The molecule has 0 saturated carbocycles. The van der Waals surface area contributed by atoms with Gasteiger partial charge in [0.15, 0.2) is 5.13 Å². The number of amides is 1. The van der Waals surface area contributed by atoms with Gasteiger partial charge in [0.2, 0.25) is 0 Å². The summed E-state index contributed by atoms with van der Waals surface area (Å²) in [6, 6.07) is 19.2. The molecule has 1 aliphatic heterocycles. The summed E-state index contributed by atoms with van der Waals surface area (Å²) >= 11 is 1.35. The molecule has 5 rings (SSSR count). The SMILES string of the molecule is CC(C)(C)c1ccc2nc(N3C(=O)C(=O)/C(=C(/O)c4ccccc4)C3c3ccccn3)sc2c1. The zero-order valence-corrected chi connectivity index (χ0v) is 19.8. The maximum absolute atomic E-state index is 13.3. The van der Waals surface area contributed by atoms with E-state index in [4.69, 9.17) is 0 Å². The van der Waals surface area contributed by atoms with Crippen LogP contribution in [0.25, 0.3) is 16.0 Å². The summed E-state index contributed by atoms with van der Waals surface area (Å²) in [4.78, 5) is 37.0. The number of aliphatic hydroxyl groups is 1. The highest BCUT2D eigenvalue weighted by molar-refractivity contribution is 7.22. The molecule has 0 bridgehead atoms. The number of carbonyl (C=O) groups excluding carboxylic acids is 2. The van der Waals surface area contributed by atoms with Gasteiger partial charge >= 0.3 is 5.91 Å². The highest BCUT2D eigenvalue weighted by Crippen LogP contribution is 2.44. The van der Waals surface area contributed by atoms with Crippen LogP contribution in [0.2, 0.25) is 0 Å². The van der Waals surface area contributed by atoms with Crippen LogP contribution in [0.5, 0.6) is 0 Å². The molecule has 0 radical (unpaired) electrons. The average molecular weight is 470 g/mol. The van der Waals surface area contributed by atoms with Crippen molar-refractivity contribution in [1.82, 2.24) is 9.97 Å². The molecule has 1 N–H and O–H groups in total. The lowest BCUT2D eigenvalue weighted by atomic mass is 9.87. The van der Waals surface area contributed by atoms with Crippen LogP contribution >= 0.6 is 11.3 Å². The third kappa shape index (κ3) is 3.68. The number of hydrogen-bond acceptors (Lipinski definition) is 6. The molecule has 1 atom stereocenters. The van der Waals surface area contributed by atoms with Gasteiger partial charge in [0.1, 0.15) is 11.8 Å². The van der Waals surface area contributed by atoms with Crippen molar-refractivity contribution in [1.29, 1.82) is 0 Å². The number of Topliss-reactive ketones (excluding diaryl/α,β-unsaturated/α-hetero) is 1. The summed E-state index contributed by atoms with van der Waals surface area (Å²) in [5.74, 6) is -1.72. The minimum Gasteiger partial charge on any atom is -0.507 e. The summed E-state index contributed by atoms with van der Waals surface area (Å²) in [5.41, 5.74) is 2.81. The number of rotatable bonds is 3. The third-order valence-corrected chi connectivity index (χ3v) is 6.93. The zero-order valence-electron chi connectivity index (χ0n) is 19.0. The standard InChI is InChI=1S/C27H23N3O3S/c1-27(2,3)17-12-13-18-20(15-17)34-26(29-18)30-22(19-11-7-8-14-28-19)21(24(32)25(30)33)23(31)16-9-5-4-6-10-16/h4-15,22,31H,1-3H3/b23-21+. The summed E-state index contributed by atoms with van der Waals surface area (Å²) in [6.45, 7) is 6.41. The molecule has 0 spiro atoms. The van der Waals surface area contributed by atoms with E-state index < -0.39 is 17.7 Å². The quantitative estimate of drug-likeness (QED) is 0.239. The van der Waals surface area contributed by atoms with Crippen molar-refractivity contribution in [2.75, 3.05) is 4.90 Å². The molecule has 1 amide bonds. The number of benzene rings is 2. The maximum Gasteiger partial charge on any atom is 0.301 e. The van der Waals surface area contributed by atoms with Crippen LogP contribution in [0.15, 0.2) is 78.5 Å². The number of anilines is 1. The van der Waals surface area contributed by atoms with E-state index in [1.54, 1.807) is 48.7 Å². The third-order valence-electron chi connectivity index (χ3n) is 5.91. The van der Waals surface area contributed by atoms with Crippen LogP contribution in [0.3, 0.4) is 0 Å². The summed E-state index contributed by atoms with van der Waals surface area (Å²) in [6.07, 6.45) is 1.60. The lowest BCUT2D eigenvalue weighted by molar-refractivity contribution is -0.132. The van der Waals surface area contributed by atoms with Crippen LogP contribution in [-0.4, -0.2) is 26.8 Å². The lowest BCUT2D eigenvalue weighted by Gasteiger charge is -2.21. The van der Waals surface area contributed by atoms with E-state index in [1.165, 1.54) is 16.2 Å². The predicted molar refractivity (Wildman–Crippen MR) is 134 cm³/mol. The first-order valence-corrected chi connectivity index (χ1v) is 11.8. The second kappa shape index (κ2) is 8.18. The molecule has 4 aromatic rings. The molecule has 2 aromatic carbocycles. The van der Waals surface area contributed by atoms with Crippen molar-refractivity contribution < 1.29 is 14.7 Å². The van der Waals surface area contributed by atoms with Gasteiger partial charge in [0, 0.05) is 11.8 Å². The Morgan fingerprint density at radius 2 is 1.74 bits per heavy atom. The van der Waals surface area contributed by atoms with Crippen molar-refractivity contribution >= 4 is 44.1 Å². The van der Waals surface area contributed by atoms with Crippen LogP contribution in [0, 0.1) is 0 Å². The van der Waals surface area contributed by atoms with Gasteiger partial charge in [-0.1, -0.05) is 74.6 Å². The van der Waals surface area contributed by atoms with E-state index in [0.717, 1.165) is 15.8 Å². The Labute approximate surface area is 201 Å². The number of pyridine rings is 1. The highest BCUT2D eigenvalue weighted by Gasteiger charge is 2.48. The van der Waals surface area contributed by atoms with Crippen molar-refractivity contribution in [3.05, 3.63) is 95.3 Å². The largest absolute Gasteiger partial charge is 0.507 e. The van der Waals surface area contributed by atoms with Crippen LogP contribution in [-0.2, 0) is 15.0 Å². The van der Waals surface area contributed by atoms with E-state index in [0.29, 0.717) is 16.4 Å². The van der Waals surface area contributed by atoms with E-state index in [1.807, 2.05) is 18.2 Å². The van der Waals surface area contributed by atoms with Gasteiger partial charge in [-0.05, 0) is 35.2 Å². The maximum atomic E-state index is 13.3. The summed E-state index contributed by atoms with van der Waals surface area (Å²) in [7, 11) is 0. The molecular formula is C27H23N3O3S. The second-order valence-electron chi connectivity index (χ2n) is 9.22. The summed E-state index contributed by atoms with van der Waals surface area (Å²) in [5, 5.41) is 11.5. The van der Waals surface area contributed by atoms with Crippen LogP contribution in [0.4, 0.5) is 5.13 Å². The van der Waals surface area contributed by atoms with Gasteiger partial charge in [-0.2, -0.15) is 0 Å². The van der Waals surface area contributed by atoms with Gasteiger partial charge in [-0.15, -0.1) is 0 Å². The van der Waals surface area contributed by atoms with E-state index in [9.17, 15) is 14.7 Å². The number of carbonyl (C=O) groups is 2. The van der Waals surface area contributed by atoms with Crippen molar-refractivity contribution in [3.8, 4) is 0 Å². The lowest BCUT2D eigenvalue weighted by Crippen LogP contribution is -2.29. The number of thiazole rings is 1. The Balaban J connectivity index is 1.70. The molecule has 7 heteroatoms. The molecule has 34 heavy (non-hydrogen) atoms. The van der Waals surface area contributed by atoms with Crippen LogP contribution in [0.1, 0.15) is 43.6 Å². The fourth-order valence-electron chi connectivity index (χ4n) is 4.08. The monoisotopic (exact) mass is 469 g/mol. The molecule has 6 nitrogen and oxygen atoms in total. The van der Waals surface area contributed by atoms with Crippen molar-refractivity contribution in [2.45, 2.75) is 32.2 Å². The fourth-order valence-corrected chi connectivity index (χ4v) is 5.11. The zero-order chi connectivity index (χ0) is 24.0. The van der Waals surface area contributed by atoms with E-state index >= 15 is 0 Å². The first-order valence-electron chi connectivity index (χ1n) is 10.9. The Morgan fingerprint density at radius 1 is 1.00 bits per heavy atom. The Bertz CT molecular complexity index is 1440. The second-order valence-corrected chi connectivity index (χ2v) is 10.2. The number of hydrogen-bond donors (Lipinski definition) is 1. The summed E-state index contributed by atoms with van der Waals surface area (Å²) < 4.78 is 0.923. The number of aliphatic hydroxyl groups excluding tert-OH is 1. The number of ketones is 1. The first-order chi connectivity index (χ1) is 16.3. The topological polar surface area (TPSA) is 83.4 Å². The fraction of sp³-hybridized carbons (Fsp3) is 0.185. The van der Waals surface area contributed by atoms with Crippen LogP contribution < -0.4 is 4.90 Å². The van der Waals surface area contributed by atoms with Gasteiger partial charge in [0.25, 0.3) is 5.78 Å². The van der Waals surface area contributed by atoms with Crippen molar-refractivity contribution in [3.63, 3.8) is 0 Å². The number of aromatic nitrogens is 2. The molecule has 2 aromatic heterocycles. The first kappa shape index (κ1) is 22.0. The molecule has 1 fully saturated rings. The van der Waals surface area contributed by atoms with Gasteiger partial charge < -0.3 is 5.11 Å². The molecule has 1 saturated heterocycles. The average Bonchev–Trinajstić information content (AvgIpc) is 3.37. The molecule has 3 heterocycles. The van der Waals surface area contributed by atoms with Gasteiger partial charge in [-0.25, -0.2) is 4.98 Å². The smallest absolute Gasteiger partial charge is 0.301 e. The molecular weight excluding hydrogens is 446 g/mol.